The van der Waals surface area contributed by atoms with Gasteiger partial charge in [0.25, 0.3) is 0 Å². The first-order valence-electron chi connectivity index (χ1n) is 6.31. The second-order valence-corrected chi connectivity index (χ2v) is 4.70. The van der Waals surface area contributed by atoms with Crippen LogP contribution < -0.4 is 0 Å². The highest BCUT2D eigenvalue weighted by atomic mass is 16.3. The Labute approximate surface area is 116 Å². The highest BCUT2D eigenvalue weighted by molar-refractivity contribution is 5.85. The Kier molecular flexibility index (Phi) is 4.38. The maximum atomic E-state index is 11.9. The number of phenolic OH excluding ortho intramolecular Hbond substituents is 2. The van der Waals surface area contributed by atoms with Crippen molar-refractivity contribution in [1.82, 2.24) is 0 Å². The summed E-state index contributed by atoms with van der Waals surface area (Å²) in [4.78, 5) is 11.9. The molecule has 3 N–H and O–H groups in total. The minimum Gasteiger partial charge on any atom is -0.508 e. The summed E-state index contributed by atoms with van der Waals surface area (Å²) in [7, 11) is 0. The third kappa shape index (κ3) is 3.83. The molecule has 0 spiro atoms. The van der Waals surface area contributed by atoms with E-state index in [1.165, 1.54) is 24.3 Å². The minimum absolute atomic E-state index is 0.125. The molecule has 0 bridgehead atoms. The molecule has 0 heterocycles. The monoisotopic (exact) mass is 272 g/mol. The summed E-state index contributed by atoms with van der Waals surface area (Å²) < 4.78 is 0. The van der Waals surface area contributed by atoms with Crippen molar-refractivity contribution in [2.75, 3.05) is 0 Å². The fraction of sp³-hybridized carbons (Fsp3) is 0.188. The molecule has 20 heavy (non-hydrogen) atoms. The second-order valence-electron chi connectivity index (χ2n) is 4.70. The van der Waals surface area contributed by atoms with Gasteiger partial charge in [-0.3, -0.25) is 4.79 Å². The Morgan fingerprint density at radius 2 is 1.30 bits per heavy atom. The highest BCUT2D eigenvalue weighted by Gasteiger charge is 2.16. The smallest absolute Gasteiger partial charge is 0.165 e. The van der Waals surface area contributed by atoms with Crippen LogP contribution in [-0.4, -0.2) is 27.2 Å². The van der Waals surface area contributed by atoms with Gasteiger partial charge in [-0.1, -0.05) is 24.3 Å². The van der Waals surface area contributed by atoms with Crippen LogP contribution in [0.5, 0.6) is 11.5 Å². The van der Waals surface area contributed by atoms with Crippen LogP contribution in [0.15, 0.2) is 48.5 Å². The predicted molar refractivity (Wildman–Crippen MR) is 74.6 cm³/mol. The van der Waals surface area contributed by atoms with Gasteiger partial charge in [0.05, 0.1) is 0 Å². The van der Waals surface area contributed by atoms with E-state index in [1.54, 1.807) is 24.3 Å². The van der Waals surface area contributed by atoms with Crippen molar-refractivity contribution < 1.29 is 20.1 Å². The number of Topliss-reactive ketones (excluding diaryl/α,β-unsaturated/α-hetero) is 1. The Bertz CT molecular complexity index is 572. The van der Waals surface area contributed by atoms with E-state index >= 15 is 0 Å². The molecule has 104 valence electrons. The Morgan fingerprint density at radius 1 is 0.850 bits per heavy atom. The van der Waals surface area contributed by atoms with E-state index in [-0.39, 0.29) is 30.1 Å². The number of ketones is 1. The van der Waals surface area contributed by atoms with Gasteiger partial charge in [0.2, 0.25) is 0 Å². The van der Waals surface area contributed by atoms with Gasteiger partial charge >= 0.3 is 0 Å². The number of hydrogen-bond acceptors (Lipinski definition) is 4. The van der Waals surface area contributed by atoms with E-state index in [9.17, 15) is 9.90 Å². The molecule has 2 rings (SSSR count). The molecule has 0 aliphatic carbocycles. The van der Waals surface area contributed by atoms with Gasteiger partial charge in [0, 0.05) is 12.8 Å². The Balaban J connectivity index is 1.94. The van der Waals surface area contributed by atoms with E-state index in [2.05, 4.69) is 0 Å². The molecule has 1 atom stereocenters. The van der Waals surface area contributed by atoms with Gasteiger partial charge < -0.3 is 15.3 Å². The van der Waals surface area contributed by atoms with Crippen molar-refractivity contribution in [3.05, 3.63) is 59.7 Å². The Hall–Kier alpha value is -2.33. The number of rotatable bonds is 5. The molecule has 1 unspecified atom stereocenters. The summed E-state index contributed by atoms with van der Waals surface area (Å²) >= 11 is 0. The zero-order chi connectivity index (χ0) is 14.5. The second kappa shape index (κ2) is 6.21. The van der Waals surface area contributed by atoms with Gasteiger partial charge in [0.1, 0.15) is 17.6 Å². The molecule has 0 aromatic heterocycles. The summed E-state index contributed by atoms with van der Waals surface area (Å²) in [6.45, 7) is 0. The van der Waals surface area contributed by atoms with Crippen LogP contribution in [0.25, 0.3) is 0 Å². The van der Waals surface area contributed by atoms with Gasteiger partial charge in [-0.2, -0.15) is 0 Å². The first kappa shape index (κ1) is 14.1. The van der Waals surface area contributed by atoms with Crippen molar-refractivity contribution in [2.24, 2.45) is 0 Å². The van der Waals surface area contributed by atoms with Gasteiger partial charge in [-0.25, -0.2) is 0 Å². The summed E-state index contributed by atoms with van der Waals surface area (Å²) in [5.41, 5.74) is 1.53. The lowest BCUT2D eigenvalue weighted by Crippen LogP contribution is -2.24. The molecule has 0 aliphatic heterocycles. The van der Waals surface area contributed by atoms with Gasteiger partial charge in [-0.05, 0) is 35.4 Å². The predicted octanol–water partition coefficient (Wildman–Crippen LogP) is 1.81. The fourth-order valence-electron chi connectivity index (χ4n) is 1.90. The number of benzene rings is 2. The van der Waals surface area contributed by atoms with Crippen LogP contribution in [0.3, 0.4) is 0 Å². The van der Waals surface area contributed by atoms with E-state index in [0.29, 0.717) is 0 Å². The largest absolute Gasteiger partial charge is 0.508 e. The molecular weight excluding hydrogens is 256 g/mol. The molecular formula is C16H16O4. The molecule has 2 aromatic rings. The first-order valence-corrected chi connectivity index (χ1v) is 6.31. The zero-order valence-electron chi connectivity index (χ0n) is 10.9. The summed E-state index contributed by atoms with van der Waals surface area (Å²) in [6, 6.07) is 12.7. The number of hydrogen-bond donors (Lipinski definition) is 3. The molecule has 0 fully saturated rings. The van der Waals surface area contributed by atoms with Crippen LogP contribution >= 0.6 is 0 Å². The van der Waals surface area contributed by atoms with Crippen LogP contribution in [0.1, 0.15) is 11.1 Å². The zero-order valence-corrected chi connectivity index (χ0v) is 10.9. The molecule has 0 amide bonds. The first-order chi connectivity index (χ1) is 9.54. The summed E-state index contributed by atoms with van der Waals surface area (Å²) in [6.07, 6.45) is -0.732. The van der Waals surface area contributed by atoms with E-state index in [1.807, 2.05) is 0 Å². The van der Waals surface area contributed by atoms with Gasteiger partial charge in [-0.15, -0.1) is 0 Å². The third-order valence-electron chi connectivity index (χ3n) is 3.05. The number of carbonyl (C=O) groups is 1. The normalized spacial score (nSPS) is 12.1. The van der Waals surface area contributed by atoms with Crippen LogP contribution in [0.4, 0.5) is 0 Å². The quantitative estimate of drug-likeness (QED) is 0.775. The molecule has 4 nitrogen and oxygen atoms in total. The van der Waals surface area contributed by atoms with Gasteiger partial charge in [0.15, 0.2) is 5.78 Å². The number of aromatic hydroxyl groups is 2. The molecule has 0 saturated carbocycles. The number of phenols is 2. The molecule has 4 heteroatoms. The lowest BCUT2D eigenvalue weighted by Gasteiger charge is -2.10. The highest BCUT2D eigenvalue weighted by Crippen LogP contribution is 2.14. The maximum absolute atomic E-state index is 11.9. The van der Waals surface area contributed by atoms with Crippen LogP contribution in [0.2, 0.25) is 0 Å². The topological polar surface area (TPSA) is 77.8 Å². The fourth-order valence-corrected chi connectivity index (χ4v) is 1.90. The SMILES string of the molecule is O=C(Cc1ccc(O)cc1)C(O)Cc1ccc(O)cc1. The van der Waals surface area contributed by atoms with E-state index in [4.69, 9.17) is 10.2 Å². The number of aliphatic hydroxyl groups excluding tert-OH is 1. The van der Waals surface area contributed by atoms with Crippen molar-refractivity contribution in [3.8, 4) is 11.5 Å². The van der Waals surface area contributed by atoms with E-state index < -0.39 is 6.10 Å². The summed E-state index contributed by atoms with van der Waals surface area (Å²) in [5, 5.41) is 28.2. The van der Waals surface area contributed by atoms with Crippen molar-refractivity contribution in [1.29, 1.82) is 0 Å². The Morgan fingerprint density at radius 3 is 1.80 bits per heavy atom. The lowest BCUT2D eigenvalue weighted by molar-refractivity contribution is -0.126. The van der Waals surface area contributed by atoms with Crippen molar-refractivity contribution in [3.63, 3.8) is 0 Å². The van der Waals surface area contributed by atoms with Crippen LogP contribution in [0, 0.1) is 0 Å². The van der Waals surface area contributed by atoms with Crippen molar-refractivity contribution in [2.45, 2.75) is 18.9 Å². The number of carbonyl (C=O) groups excluding carboxylic acids is 1. The molecule has 0 radical (unpaired) electrons. The average Bonchev–Trinajstić information content (AvgIpc) is 2.44. The van der Waals surface area contributed by atoms with E-state index in [0.717, 1.165) is 11.1 Å². The standard InChI is InChI=1S/C16H16O4/c17-13-5-1-11(2-6-13)9-15(19)16(20)10-12-3-7-14(18)8-4-12/h1-8,15,17-19H,9-10H2. The molecule has 2 aromatic carbocycles. The number of aliphatic hydroxyl groups is 1. The molecule has 0 saturated heterocycles. The lowest BCUT2D eigenvalue weighted by atomic mass is 10.00. The third-order valence-corrected chi connectivity index (χ3v) is 3.05. The summed E-state index contributed by atoms with van der Waals surface area (Å²) in [5.74, 6) is 0.0215. The van der Waals surface area contributed by atoms with Crippen LogP contribution in [-0.2, 0) is 17.6 Å². The van der Waals surface area contributed by atoms with Crippen molar-refractivity contribution >= 4 is 5.78 Å². The average molecular weight is 272 g/mol. The molecule has 0 aliphatic rings. The maximum Gasteiger partial charge on any atom is 0.165 e. The minimum atomic E-state index is -1.08.